The smallest absolute Gasteiger partial charge is 0.293 e. The highest BCUT2D eigenvalue weighted by Gasteiger charge is 2.14. The second-order valence-corrected chi connectivity index (χ2v) is 6.82. The van der Waals surface area contributed by atoms with Crippen LogP contribution < -0.4 is 5.32 Å². The Kier molecular flexibility index (Phi) is 7.24. The van der Waals surface area contributed by atoms with Gasteiger partial charge < -0.3 is 10.1 Å². The monoisotopic (exact) mass is 341 g/mol. The molecule has 3 nitrogen and oxygen atoms in total. The van der Waals surface area contributed by atoms with Crippen LogP contribution in [0.5, 0.6) is 0 Å². The predicted octanol–water partition coefficient (Wildman–Crippen LogP) is 3.87. The minimum Gasteiger partial charge on any atom is -0.462 e. The molecule has 2 rings (SSSR count). The molecule has 1 saturated heterocycles. The number of hydrogen-bond donors (Lipinski definition) is 1. The molecule has 20 heavy (non-hydrogen) atoms. The van der Waals surface area contributed by atoms with Crippen LogP contribution in [-0.4, -0.2) is 25.2 Å². The fourth-order valence-corrected chi connectivity index (χ4v) is 2.30. The molecule has 0 unspecified atom stereocenters. The Labute approximate surface area is 130 Å². The number of piperidine rings is 1. The maximum atomic E-state index is 9.60. The van der Waals surface area contributed by atoms with Crippen molar-refractivity contribution in [3.63, 3.8) is 0 Å². The van der Waals surface area contributed by atoms with Crippen LogP contribution in [-0.2, 0) is 9.53 Å². The topological polar surface area (TPSA) is 38.3 Å². The van der Waals surface area contributed by atoms with Crippen LogP contribution in [0.25, 0.3) is 0 Å². The number of ether oxygens (including phenoxy) is 1. The Morgan fingerprint density at radius 1 is 1.20 bits per heavy atom. The largest absolute Gasteiger partial charge is 0.462 e. The quantitative estimate of drug-likeness (QED) is 0.829. The summed E-state index contributed by atoms with van der Waals surface area (Å²) >= 11 is 3.46. The zero-order chi connectivity index (χ0) is 15.0. The first-order chi connectivity index (χ1) is 9.42. The van der Waals surface area contributed by atoms with Gasteiger partial charge in [0.1, 0.15) is 5.60 Å². The number of hydrogen-bond acceptors (Lipinski definition) is 3. The average Bonchev–Trinajstić information content (AvgIpc) is 2.40. The van der Waals surface area contributed by atoms with Gasteiger partial charge in [-0.2, -0.15) is 0 Å². The van der Waals surface area contributed by atoms with Crippen molar-refractivity contribution in [3.05, 3.63) is 34.3 Å². The molecule has 0 spiro atoms. The number of benzene rings is 1. The third-order valence-corrected chi connectivity index (χ3v) is 3.61. The van der Waals surface area contributed by atoms with Crippen molar-refractivity contribution in [3.8, 4) is 0 Å². The molecule has 0 saturated carbocycles. The van der Waals surface area contributed by atoms with Gasteiger partial charge in [0.2, 0.25) is 0 Å². The van der Waals surface area contributed by atoms with Gasteiger partial charge in [-0.15, -0.1) is 0 Å². The van der Waals surface area contributed by atoms with Crippen molar-refractivity contribution in [1.82, 2.24) is 5.32 Å². The standard InChI is InChI=1S/C11H14BrN.C5H10O2/c12-11-3-1-9(2-4-11)10-5-7-13-8-6-10;1-5(2,3)7-4-6/h1-4,10,13H,5-8H2;4H,1-3H3. The molecular weight excluding hydrogens is 318 g/mol. The van der Waals surface area contributed by atoms with Gasteiger partial charge >= 0.3 is 0 Å². The molecule has 1 aliphatic rings. The highest BCUT2D eigenvalue weighted by Crippen LogP contribution is 2.25. The van der Waals surface area contributed by atoms with E-state index in [2.05, 4.69) is 50.2 Å². The number of rotatable bonds is 2. The van der Waals surface area contributed by atoms with Crippen molar-refractivity contribution in [1.29, 1.82) is 0 Å². The first kappa shape index (κ1) is 17.2. The van der Waals surface area contributed by atoms with Crippen LogP contribution in [0.1, 0.15) is 45.1 Å². The fraction of sp³-hybridized carbons (Fsp3) is 0.562. The highest BCUT2D eigenvalue weighted by atomic mass is 79.9. The lowest BCUT2D eigenvalue weighted by Gasteiger charge is -2.22. The number of carbonyl (C=O) groups excluding carboxylic acids is 1. The molecular formula is C16H24BrNO2. The molecule has 112 valence electrons. The van der Waals surface area contributed by atoms with Gasteiger partial charge in [0.25, 0.3) is 6.47 Å². The van der Waals surface area contributed by atoms with Crippen LogP contribution in [0.3, 0.4) is 0 Å². The molecule has 1 fully saturated rings. The van der Waals surface area contributed by atoms with Crippen molar-refractivity contribution in [2.24, 2.45) is 0 Å². The molecule has 0 atom stereocenters. The van der Waals surface area contributed by atoms with Crippen molar-refractivity contribution in [2.75, 3.05) is 13.1 Å². The van der Waals surface area contributed by atoms with E-state index in [9.17, 15) is 4.79 Å². The predicted molar refractivity (Wildman–Crippen MR) is 85.9 cm³/mol. The first-order valence-electron chi connectivity index (χ1n) is 7.00. The zero-order valence-electron chi connectivity index (χ0n) is 12.5. The van der Waals surface area contributed by atoms with Crippen LogP contribution in [0.15, 0.2) is 28.7 Å². The lowest BCUT2D eigenvalue weighted by molar-refractivity contribution is -0.138. The summed E-state index contributed by atoms with van der Waals surface area (Å²) in [6.07, 6.45) is 2.56. The van der Waals surface area contributed by atoms with E-state index in [4.69, 9.17) is 0 Å². The summed E-state index contributed by atoms with van der Waals surface area (Å²) in [6, 6.07) is 8.74. The molecule has 0 aliphatic carbocycles. The fourth-order valence-electron chi connectivity index (χ4n) is 2.03. The van der Waals surface area contributed by atoms with Crippen molar-refractivity contribution >= 4 is 22.4 Å². The Bertz CT molecular complexity index is 392. The van der Waals surface area contributed by atoms with Gasteiger partial charge in [0, 0.05) is 4.47 Å². The third kappa shape index (κ3) is 7.06. The maximum absolute atomic E-state index is 9.60. The molecule has 4 heteroatoms. The Morgan fingerprint density at radius 2 is 1.75 bits per heavy atom. The summed E-state index contributed by atoms with van der Waals surface area (Å²) in [7, 11) is 0. The van der Waals surface area contributed by atoms with Gasteiger partial charge in [-0.25, -0.2) is 0 Å². The lowest BCUT2D eigenvalue weighted by Crippen LogP contribution is -2.26. The van der Waals surface area contributed by atoms with Gasteiger partial charge in [0.15, 0.2) is 0 Å². The van der Waals surface area contributed by atoms with Crippen LogP contribution in [0, 0.1) is 0 Å². The maximum Gasteiger partial charge on any atom is 0.293 e. The second kappa shape index (κ2) is 8.42. The van der Waals surface area contributed by atoms with Crippen molar-refractivity contribution < 1.29 is 9.53 Å². The summed E-state index contributed by atoms with van der Waals surface area (Å²) in [6.45, 7) is 8.26. The van der Waals surface area contributed by atoms with Crippen LogP contribution in [0.4, 0.5) is 0 Å². The third-order valence-electron chi connectivity index (χ3n) is 3.08. The minimum absolute atomic E-state index is 0.318. The molecule has 0 radical (unpaired) electrons. The summed E-state index contributed by atoms with van der Waals surface area (Å²) in [5.74, 6) is 0.773. The number of halogens is 1. The minimum atomic E-state index is -0.318. The highest BCUT2D eigenvalue weighted by molar-refractivity contribution is 9.10. The van der Waals surface area contributed by atoms with Gasteiger partial charge in [-0.3, -0.25) is 4.79 Å². The molecule has 1 heterocycles. The molecule has 1 aromatic rings. The zero-order valence-corrected chi connectivity index (χ0v) is 14.1. The number of nitrogens with one attached hydrogen (secondary N) is 1. The summed E-state index contributed by atoms with van der Waals surface area (Å²) in [5.41, 5.74) is 1.17. The normalized spacial score (nSPS) is 16.0. The Hall–Kier alpha value is -0.870. The van der Waals surface area contributed by atoms with E-state index in [0.29, 0.717) is 6.47 Å². The van der Waals surface area contributed by atoms with Crippen molar-refractivity contribution in [2.45, 2.75) is 45.1 Å². The molecule has 1 N–H and O–H groups in total. The first-order valence-corrected chi connectivity index (χ1v) is 7.79. The van der Waals surface area contributed by atoms with Gasteiger partial charge in [-0.05, 0) is 70.3 Å². The van der Waals surface area contributed by atoms with E-state index >= 15 is 0 Å². The van der Waals surface area contributed by atoms with Crippen LogP contribution in [0.2, 0.25) is 0 Å². The van der Waals surface area contributed by atoms with E-state index in [0.717, 1.165) is 5.92 Å². The average molecular weight is 342 g/mol. The van der Waals surface area contributed by atoms with Gasteiger partial charge in [0.05, 0.1) is 0 Å². The van der Waals surface area contributed by atoms with Gasteiger partial charge in [-0.1, -0.05) is 28.1 Å². The Morgan fingerprint density at radius 3 is 2.15 bits per heavy atom. The molecule has 1 aromatic carbocycles. The summed E-state index contributed by atoms with van der Waals surface area (Å²) < 4.78 is 5.72. The summed E-state index contributed by atoms with van der Waals surface area (Å²) in [4.78, 5) is 9.60. The Balaban J connectivity index is 0.000000246. The molecule has 0 amide bonds. The van der Waals surface area contributed by atoms with E-state index in [1.807, 2.05) is 20.8 Å². The summed E-state index contributed by atoms with van der Waals surface area (Å²) in [5, 5.41) is 3.39. The number of carbonyl (C=O) groups is 1. The molecule has 1 aliphatic heterocycles. The van der Waals surface area contributed by atoms with E-state index in [1.165, 1.54) is 36.0 Å². The lowest BCUT2D eigenvalue weighted by atomic mass is 9.90. The molecule has 0 bridgehead atoms. The SMILES string of the molecule is Brc1ccc(C2CCNCC2)cc1.CC(C)(C)OC=O. The molecule has 0 aromatic heterocycles. The van der Waals surface area contributed by atoms with Crippen LogP contribution >= 0.6 is 15.9 Å². The van der Waals surface area contributed by atoms with E-state index in [-0.39, 0.29) is 5.60 Å². The van der Waals surface area contributed by atoms with E-state index < -0.39 is 0 Å². The van der Waals surface area contributed by atoms with E-state index in [1.54, 1.807) is 0 Å². The second-order valence-electron chi connectivity index (χ2n) is 5.90.